The van der Waals surface area contributed by atoms with Crippen LogP contribution in [0.2, 0.25) is 0 Å². The van der Waals surface area contributed by atoms with Crippen molar-refractivity contribution in [3.63, 3.8) is 0 Å². The SMILES string of the molecule is CN(C)CCCc1nc2c(c(N3CCN[C@@H](CC#N)C3)n1)CCN(c1cccc3ccccc13)C2. The molecule has 3 aromatic rings. The van der Waals surface area contributed by atoms with Gasteiger partial charge in [-0.3, -0.25) is 0 Å². The van der Waals surface area contributed by atoms with Gasteiger partial charge in [0.25, 0.3) is 0 Å². The molecule has 1 N–H and O–H groups in total. The lowest BCUT2D eigenvalue weighted by Crippen LogP contribution is -2.51. The van der Waals surface area contributed by atoms with Crippen LogP contribution < -0.4 is 15.1 Å². The number of nitrogens with zero attached hydrogens (tertiary/aromatic N) is 6. The van der Waals surface area contributed by atoms with Crippen LogP contribution in [0.4, 0.5) is 11.5 Å². The van der Waals surface area contributed by atoms with Crippen molar-refractivity contribution in [3.8, 4) is 6.07 Å². The molecule has 0 spiro atoms. The predicted octanol–water partition coefficient (Wildman–Crippen LogP) is 3.38. The zero-order valence-corrected chi connectivity index (χ0v) is 20.9. The Kier molecular flexibility index (Phi) is 7.12. The number of nitriles is 1. The number of hydrogen-bond donors (Lipinski definition) is 1. The zero-order chi connectivity index (χ0) is 24.2. The Bertz CT molecular complexity index is 1210. The minimum absolute atomic E-state index is 0.187. The highest BCUT2D eigenvalue weighted by Gasteiger charge is 2.28. The normalized spacial score (nSPS) is 18.1. The average Bonchev–Trinajstić information content (AvgIpc) is 2.88. The number of rotatable bonds is 7. The fourth-order valence-electron chi connectivity index (χ4n) is 5.34. The van der Waals surface area contributed by atoms with Crippen LogP contribution in [-0.4, -0.2) is 67.7 Å². The second kappa shape index (κ2) is 10.6. The quantitative estimate of drug-likeness (QED) is 0.569. The third-order valence-corrected chi connectivity index (χ3v) is 7.10. The van der Waals surface area contributed by atoms with Crippen molar-refractivity contribution in [2.75, 3.05) is 56.6 Å². The first-order valence-electron chi connectivity index (χ1n) is 12.7. The molecule has 0 bridgehead atoms. The van der Waals surface area contributed by atoms with Gasteiger partial charge in [0.2, 0.25) is 0 Å². The van der Waals surface area contributed by atoms with Crippen LogP contribution >= 0.6 is 0 Å². The van der Waals surface area contributed by atoms with Gasteiger partial charge >= 0.3 is 0 Å². The van der Waals surface area contributed by atoms with E-state index in [0.717, 1.165) is 75.9 Å². The van der Waals surface area contributed by atoms with Crippen molar-refractivity contribution in [2.24, 2.45) is 0 Å². The molecule has 0 aliphatic carbocycles. The Balaban J connectivity index is 1.47. The summed E-state index contributed by atoms with van der Waals surface area (Å²) in [6.45, 7) is 5.38. The van der Waals surface area contributed by atoms with Crippen LogP contribution in [0.15, 0.2) is 42.5 Å². The van der Waals surface area contributed by atoms with Gasteiger partial charge in [-0.25, -0.2) is 9.97 Å². The maximum absolute atomic E-state index is 9.22. The van der Waals surface area contributed by atoms with Crippen LogP contribution in [0.25, 0.3) is 10.8 Å². The molecule has 1 atom stereocenters. The molecule has 182 valence electrons. The van der Waals surface area contributed by atoms with Gasteiger partial charge < -0.3 is 20.0 Å². The third kappa shape index (κ3) is 5.24. The number of fused-ring (bicyclic) bond motifs is 2. The fourth-order valence-corrected chi connectivity index (χ4v) is 5.34. The first kappa shape index (κ1) is 23.5. The lowest BCUT2D eigenvalue weighted by atomic mass is 10.0. The lowest BCUT2D eigenvalue weighted by molar-refractivity contribution is 0.398. The van der Waals surface area contributed by atoms with Gasteiger partial charge in [0.1, 0.15) is 11.6 Å². The summed E-state index contributed by atoms with van der Waals surface area (Å²) >= 11 is 0. The largest absolute Gasteiger partial charge is 0.365 e. The lowest BCUT2D eigenvalue weighted by Gasteiger charge is -2.37. The maximum Gasteiger partial charge on any atom is 0.136 e. The van der Waals surface area contributed by atoms with Gasteiger partial charge in [-0.15, -0.1) is 0 Å². The van der Waals surface area contributed by atoms with Crippen LogP contribution in [0.5, 0.6) is 0 Å². The maximum atomic E-state index is 9.22. The molecule has 7 heteroatoms. The zero-order valence-electron chi connectivity index (χ0n) is 20.9. The van der Waals surface area contributed by atoms with Gasteiger partial charge in [-0.2, -0.15) is 5.26 Å². The van der Waals surface area contributed by atoms with Gasteiger partial charge in [0, 0.05) is 55.3 Å². The van der Waals surface area contributed by atoms with Crippen molar-refractivity contribution < 1.29 is 0 Å². The monoisotopic (exact) mass is 469 g/mol. The fraction of sp³-hybridized carbons (Fsp3) is 0.464. The summed E-state index contributed by atoms with van der Waals surface area (Å²) in [6.07, 6.45) is 3.37. The molecule has 2 aromatic carbocycles. The van der Waals surface area contributed by atoms with E-state index in [0.29, 0.717) is 6.42 Å². The number of aromatic nitrogens is 2. The highest BCUT2D eigenvalue weighted by Crippen LogP contribution is 2.33. The molecule has 0 amide bonds. The van der Waals surface area contributed by atoms with E-state index in [4.69, 9.17) is 9.97 Å². The molecule has 7 nitrogen and oxygen atoms in total. The van der Waals surface area contributed by atoms with E-state index in [1.807, 2.05) is 0 Å². The van der Waals surface area contributed by atoms with E-state index in [1.165, 1.54) is 22.0 Å². The number of benzene rings is 2. The molecule has 5 rings (SSSR count). The van der Waals surface area contributed by atoms with Crippen molar-refractivity contribution in [2.45, 2.75) is 38.3 Å². The van der Waals surface area contributed by atoms with Gasteiger partial charge in [0.15, 0.2) is 0 Å². The Hall–Kier alpha value is -3.21. The topological polar surface area (TPSA) is 71.3 Å². The Morgan fingerprint density at radius 3 is 2.80 bits per heavy atom. The standard InChI is InChI=1S/C28H35N7/c1-33(2)16-6-11-27-31-25-20-34(26-10-5-8-21-7-3-4-9-23(21)26)17-13-24(25)28(32-27)35-18-15-30-22(19-35)12-14-29/h3-5,7-10,22,30H,6,11-13,15-20H2,1-2H3/t22-/m0/s1. The molecule has 1 aromatic heterocycles. The molecule has 2 aliphatic heterocycles. The van der Waals surface area contributed by atoms with Crippen LogP contribution in [0, 0.1) is 11.3 Å². The number of aryl methyl sites for hydroxylation is 1. The molecule has 0 saturated carbocycles. The van der Waals surface area contributed by atoms with Crippen molar-refractivity contribution >= 4 is 22.3 Å². The molecular weight excluding hydrogens is 434 g/mol. The third-order valence-electron chi connectivity index (χ3n) is 7.10. The average molecular weight is 470 g/mol. The van der Waals surface area contributed by atoms with E-state index < -0.39 is 0 Å². The summed E-state index contributed by atoms with van der Waals surface area (Å²) in [7, 11) is 4.22. The first-order valence-corrected chi connectivity index (χ1v) is 12.7. The van der Waals surface area contributed by atoms with Crippen LogP contribution in [0.3, 0.4) is 0 Å². The summed E-state index contributed by atoms with van der Waals surface area (Å²) in [5.74, 6) is 2.03. The smallest absolute Gasteiger partial charge is 0.136 e. The molecule has 3 heterocycles. The van der Waals surface area contributed by atoms with Crippen molar-refractivity contribution in [1.29, 1.82) is 5.26 Å². The molecule has 1 fully saturated rings. The highest BCUT2D eigenvalue weighted by atomic mass is 15.3. The first-order chi connectivity index (χ1) is 17.1. The summed E-state index contributed by atoms with van der Waals surface area (Å²) in [5.41, 5.74) is 3.72. The molecule has 0 unspecified atom stereocenters. The summed E-state index contributed by atoms with van der Waals surface area (Å²) in [5, 5.41) is 15.3. The predicted molar refractivity (Wildman–Crippen MR) is 142 cm³/mol. The van der Waals surface area contributed by atoms with E-state index in [2.05, 4.69) is 82.6 Å². The molecule has 2 aliphatic rings. The van der Waals surface area contributed by atoms with Crippen LogP contribution in [0.1, 0.15) is 29.9 Å². The molecular formula is C28H35N7. The Morgan fingerprint density at radius 2 is 1.94 bits per heavy atom. The molecule has 1 saturated heterocycles. The molecule has 35 heavy (non-hydrogen) atoms. The van der Waals surface area contributed by atoms with Gasteiger partial charge in [0.05, 0.1) is 24.7 Å². The van der Waals surface area contributed by atoms with E-state index in [-0.39, 0.29) is 6.04 Å². The number of hydrogen-bond acceptors (Lipinski definition) is 7. The number of nitrogens with one attached hydrogen (secondary N) is 1. The van der Waals surface area contributed by atoms with Crippen molar-refractivity contribution in [3.05, 3.63) is 59.5 Å². The summed E-state index contributed by atoms with van der Waals surface area (Å²) < 4.78 is 0. The minimum Gasteiger partial charge on any atom is -0.365 e. The number of piperazine rings is 1. The van der Waals surface area contributed by atoms with E-state index >= 15 is 0 Å². The second-order valence-electron chi connectivity index (χ2n) is 9.92. The van der Waals surface area contributed by atoms with E-state index in [1.54, 1.807) is 0 Å². The Morgan fingerprint density at radius 1 is 1.09 bits per heavy atom. The van der Waals surface area contributed by atoms with Crippen LogP contribution in [-0.2, 0) is 19.4 Å². The second-order valence-corrected chi connectivity index (χ2v) is 9.92. The highest BCUT2D eigenvalue weighted by molar-refractivity contribution is 5.94. The Labute approximate surface area is 208 Å². The molecule has 0 radical (unpaired) electrons. The summed E-state index contributed by atoms with van der Waals surface area (Å²) in [6, 6.07) is 17.7. The minimum atomic E-state index is 0.187. The summed E-state index contributed by atoms with van der Waals surface area (Å²) in [4.78, 5) is 17.3. The number of anilines is 2. The van der Waals surface area contributed by atoms with E-state index in [9.17, 15) is 5.26 Å². The van der Waals surface area contributed by atoms with Gasteiger partial charge in [-0.05, 0) is 44.9 Å². The van der Waals surface area contributed by atoms with Gasteiger partial charge in [-0.1, -0.05) is 36.4 Å². The van der Waals surface area contributed by atoms with Crippen molar-refractivity contribution in [1.82, 2.24) is 20.2 Å².